The third kappa shape index (κ3) is 3.03. The minimum atomic E-state index is -0.245. The van der Waals surface area contributed by atoms with Crippen LogP contribution >= 0.6 is 23.2 Å². The van der Waals surface area contributed by atoms with E-state index in [1.165, 1.54) is 0 Å². The van der Waals surface area contributed by atoms with Crippen molar-refractivity contribution in [2.75, 3.05) is 0 Å². The van der Waals surface area contributed by atoms with Crippen LogP contribution in [0.15, 0.2) is 24.3 Å². The van der Waals surface area contributed by atoms with Crippen molar-refractivity contribution in [2.24, 2.45) is 0 Å². The summed E-state index contributed by atoms with van der Waals surface area (Å²) in [5.41, 5.74) is 2.00. The Labute approximate surface area is 114 Å². The fourth-order valence-electron chi connectivity index (χ4n) is 1.47. The highest BCUT2D eigenvalue weighted by Gasteiger charge is 2.09. The molecular weight excluding hydrogens is 273 g/mol. The van der Waals surface area contributed by atoms with Gasteiger partial charge in [-0.25, -0.2) is 0 Å². The molecule has 0 aliphatic heterocycles. The number of H-pyrrole nitrogens is 1. The number of nitrogens with one attached hydrogen (secondary N) is 2. The maximum Gasteiger partial charge on any atom is 0.272 e. The SMILES string of the molecule is Cc1cc(C(=O)NCc2ccc(Cl)cc2Cl)n[nH]1. The van der Waals surface area contributed by atoms with Crippen molar-refractivity contribution in [1.82, 2.24) is 15.5 Å². The lowest BCUT2D eigenvalue weighted by Crippen LogP contribution is -2.23. The lowest BCUT2D eigenvalue weighted by molar-refractivity contribution is 0.0946. The van der Waals surface area contributed by atoms with E-state index in [2.05, 4.69) is 15.5 Å². The van der Waals surface area contributed by atoms with Gasteiger partial charge in [0.15, 0.2) is 0 Å². The molecule has 1 aromatic heterocycles. The van der Waals surface area contributed by atoms with Gasteiger partial charge in [0.1, 0.15) is 5.69 Å². The van der Waals surface area contributed by atoms with Crippen molar-refractivity contribution >= 4 is 29.1 Å². The van der Waals surface area contributed by atoms with Gasteiger partial charge in [0.25, 0.3) is 5.91 Å². The molecule has 0 spiro atoms. The zero-order valence-corrected chi connectivity index (χ0v) is 11.1. The Balaban J connectivity index is 2.01. The maximum absolute atomic E-state index is 11.7. The summed E-state index contributed by atoms with van der Waals surface area (Å²) in [6.45, 7) is 2.17. The lowest BCUT2D eigenvalue weighted by Gasteiger charge is -2.05. The van der Waals surface area contributed by atoms with E-state index in [1.54, 1.807) is 24.3 Å². The first-order chi connectivity index (χ1) is 8.56. The number of carbonyl (C=O) groups excluding carboxylic acids is 1. The van der Waals surface area contributed by atoms with Gasteiger partial charge in [0.05, 0.1) is 0 Å². The second-order valence-corrected chi connectivity index (χ2v) is 4.70. The van der Waals surface area contributed by atoms with Crippen LogP contribution in [0.2, 0.25) is 10.0 Å². The molecule has 2 rings (SSSR count). The van der Waals surface area contributed by atoms with Crippen LogP contribution in [0, 0.1) is 6.92 Å². The Bertz CT molecular complexity index is 580. The largest absolute Gasteiger partial charge is 0.347 e. The number of carbonyl (C=O) groups is 1. The van der Waals surface area contributed by atoms with Crippen LogP contribution in [-0.4, -0.2) is 16.1 Å². The van der Waals surface area contributed by atoms with Gasteiger partial charge < -0.3 is 5.32 Å². The van der Waals surface area contributed by atoms with Gasteiger partial charge in [-0.1, -0.05) is 29.3 Å². The van der Waals surface area contributed by atoms with Crippen molar-refractivity contribution in [3.8, 4) is 0 Å². The molecule has 0 bridgehead atoms. The molecule has 0 saturated heterocycles. The van der Waals surface area contributed by atoms with Crippen LogP contribution in [0.3, 0.4) is 0 Å². The number of amides is 1. The Kier molecular flexibility index (Phi) is 3.89. The number of aromatic amines is 1. The zero-order chi connectivity index (χ0) is 13.1. The molecule has 0 saturated carbocycles. The molecule has 2 N–H and O–H groups in total. The standard InChI is InChI=1S/C12H11Cl2N3O/c1-7-4-11(17-16-7)12(18)15-6-8-2-3-9(13)5-10(8)14/h2-5H,6H2,1H3,(H,15,18)(H,16,17). The second-order valence-electron chi connectivity index (χ2n) is 3.85. The van der Waals surface area contributed by atoms with E-state index in [-0.39, 0.29) is 5.91 Å². The Morgan fingerprint density at radius 1 is 1.39 bits per heavy atom. The molecule has 0 unspecified atom stereocenters. The molecule has 6 heteroatoms. The van der Waals surface area contributed by atoms with Crippen molar-refractivity contribution in [1.29, 1.82) is 0 Å². The van der Waals surface area contributed by atoms with E-state index in [4.69, 9.17) is 23.2 Å². The molecule has 1 amide bonds. The molecule has 0 aliphatic carbocycles. The summed E-state index contributed by atoms with van der Waals surface area (Å²) in [4.78, 5) is 11.7. The normalized spacial score (nSPS) is 10.4. The van der Waals surface area contributed by atoms with Crippen LogP contribution in [0.5, 0.6) is 0 Å². The summed E-state index contributed by atoms with van der Waals surface area (Å²) in [6, 6.07) is 6.83. The number of aryl methyl sites for hydroxylation is 1. The van der Waals surface area contributed by atoms with Gasteiger partial charge in [-0.2, -0.15) is 5.10 Å². The molecular formula is C12H11Cl2N3O. The first kappa shape index (κ1) is 12.9. The van der Waals surface area contributed by atoms with Gasteiger partial charge in [-0.05, 0) is 30.7 Å². The first-order valence-electron chi connectivity index (χ1n) is 5.30. The Hall–Kier alpha value is -1.52. The summed E-state index contributed by atoms with van der Waals surface area (Å²) in [6.07, 6.45) is 0. The van der Waals surface area contributed by atoms with Crippen LogP contribution in [0.25, 0.3) is 0 Å². The highest BCUT2D eigenvalue weighted by molar-refractivity contribution is 6.35. The molecule has 0 aliphatic rings. The molecule has 0 radical (unpaired) electrons. The summed E-state index contributed by atoms with van der Waals surface area (Å²) < 4.78 is 0. The summed E-state index contributed by atoms with van der Waals surface area (Å²) in [7, 11) is 0. The first-order valence-corrected chi connectivity index (χ1v) is 6.06. The predicted molar refractivity (Wildman–Crippen MR) is 71.0 cm³/mol. The Morgan fingerprint density at radius 2 is 2.17 bits per heavy atom. The van der Waals surface area contributed by atoms with Crippen molar-refractivity contribution < 1.29 is 4.79 Å². The van der Waals surface area contributed by atoms with Crippen LogP contribution < -0.4 is 5.32 Å². The van der Waals surface area contributed by atoms with E-state index >= 15 is 0 Å². The maximum atomic E-state index is 11.7. The van der Waals surface area contributed by atoms with E-state index in [0.717, 1.165) is 11.3 Å². The number of nitrogens with zero attached hydrogens (tertiary/aromatic N) is 1. The van der Waals surface area contributed by atoms with Crippen LogP contribution in [0.1, 0.15) is 21.7 Å². The van der Waals surface area contributed by atoms with Crippen LogP contribution in [-0.2, 0) is 6.54 Å². The molecule has 2 aromatic rings. The number of halogens is 2. The topological polar surface area (TPSA) is 57.8 Å². The van der Waals surface area contributed by atoms with Gasteiger partial charge in [-0.3, -0.25) is 9.89 Å². The Morgan fingerprint density at radius 3 is 2.78 bits per heavy atom. The number of hydrogen-bond donors (Lipinski definition) is 2. The third-order valence-corrected chi connectivity index (χ3v) is 2.98. The summed E-state index contributed by atoms with van der Waals surface area (Å²) >= 11 is 11.8. The minimum absolute atomic E-state index is 0.245. The quantitative estimate of drug-likeness (QED) is 0.910. The second kappa shape index (κ2) is 5.42. The zero-order valence-electron chi connectivity index (χ0n) is 9.63. The molecule has 4 nitrogen and oxygen atoms in total. The van der Waals surface area contributed by atoms with E-state index in [1.807, 2.05) is 6.92 Å². The summed E-state index contributed by atoms with van der Waals surface area (Å²) in [5.74, 6) is -0.245. The molecule has 1 heterocycles. The predicted octanol–water partition coefficient (Wildman–Crippen LogP) is 2.95. The number of hydrogen-bond acceptors (Lipinski definition) is 2. The number of benzene rings is 1. The van der Waals surface area contributed by atoms with E-state index < -0.39 is 0 Å². The molecule has 94 valence electrons. The summed E-state index contributed by atoms with van der Waals surface area (Å²) in [5, 5.41) is 10.4. The smallest absolute Gasteiger partial charge is 0.272 e. The van der Waals surface area contributed by atoms with Gasteiger partial charge >= 0.3 is 0 Å². The molecule has 0 fully saturated rings. The number of aromatic nitrogens is 2. The van der Waals surface area contributed by atoms with E-state index in [9.17, 15) is 4.79 Å². The van der Waals surface area contributed by atoms with Crippen molar-refractivity contribution in [3.05, 3.63) is 51.3 Å². The van der Waals surface area contributed by atoms with Gasteiger partial charge in [-0.15, -0.1) is 0 Å². The van der Waals surface area contributed by atoms with Crippen molar-refractivity contribution in [2.45, 2.75) is 13.5 Å². The fourth-order valence-corrected chi connectivity index (χ4v) is 1.94. The van der Waals surface area contributed by atoms with Gasteiger partial charge in [0, 0.05) is 22.3 Å². The molecule has 1 aromatic carbocycles. The van der Waals surface area contributed by atoms with Crippen molar-refractivity contribution in [3.63, 3.8) is 0 Å². The van der Waals surface area contributed by atoms with Crippen LogP contribution in [0.4, 0.5) is 0 Å². The fraction of sp³-hybridized carbons (Fsp3) is 0.167. The minimum Gasteiger partial charge on any atom is -0.347 e. The average molecular weight is 284 g/mol. The van der Waals surface area contributed by atoms with Gasteiger partial charge in [0.2, 0.25) is 0 Å². The number of rotatable bonds is 3. The third-order valence-electron chi connectivity index (χ3n) is 2.39. The monoisotopic (exact) mass is 283 g/mol. The average Bonchev–Trinajstić information content (AvgIpc) is 2.74. The highest BCUT2D eigenvalue weighted by atomic mass is 35.5. The lowest BCUT2D eigenvalue weighted by atomic mass is 10.2. The highest BCUT2D eigenvalue weighted by Crippen LogP contribution is 2.20. The molecule has 18 heavy (non-hydrogen) atoms. The van der Waals surface area contributed by atoms with E-state index in [0.29, 0.717) is 22.3 Å². The molecule has 0 atom stereocenters.